The van der Waals surface area contributed by atoms with Gasteiger partial charge in [0.25, 0.3) is 5.91 Å². The second-order valence-corrected chi connectivity index (χ2v) is 6.76. The number of imidazole rings is 1. The zero-order valence-corrected chi connectivity index (χ0v) is 15.3. The highest BCUT2D eigenvalue weighted by Crippen LogP contribution is 2.17. The van der Waals surface area contributed by atoms with Gasteiger partial charge in [0.2, 0.25) is 0 Å². The minimum absolute atomic E-state index is 0.00847. The third-order valence-corrected chi connectivity index (χ3v) is 4.16. The summed E-state index contributed by atoms with van der Waals surface area (Å²) in [4.78, 5) is 19.7. The first kappa shape index (κ1) is 17.2. The third kappa shape index (κ3) is 3.57. The highest BCUT2D eigenvalue weighted by Gasteiger charge is 2.23. The van der Waals surface area contributed by atoms with Crippen LogP contribution in [0.5, 0.6) is 0 Å². The number of carbonyl (C=O) groups is 1. The summed E-state index contributed by atoms with van der Waals surface area (Å²) < 4.78 is 3.76. The molecule has 0 aromatic carbocycles. The van der Waals surface area contributed by atoms with Crippen LogP contribution in [0, 0.1) is 12.8 Å². The fourth-order valence-corrected chi connectivity index (χ4v) is 3.06. The summed E-state index contributed by atoms with van der Waals surface area (Å²) in [6.45, 7) is 10.3. The van der Waals surface area contributed by atoms with Crippen LogP contribution in [0.4, 0.5) is 0 Å². The van der Waals surface area contributed by atoms with E-state index in [0.717, 1.165) is 23.4 Å². The monoisotopic (exact) mass is 339 g/mol. The normalized spacial score (nSPS) is 11.4. The topological polar surface area (TPSA) is 55.4 Å². The Kier molecular flexibility index (Phi) is 4.88. The van der Waals surface area contributed by atoms with Crippen molar-refractivity contribution >= 4 is 11.6 Å². The molecule has 3 aromatic heterocycles. The molecule has 0 radical (unpaired) electrons. The van der Waals surface area contributed by atoms with Gasteiger partial charge in [-0.3, -0.25) is 13.9 Å². The van der Waals surface area contributed by atoms with Gasteiger partial charge >= 0.3 is 0 Å². The molecule has 1 amide bonds. The van der Waals surface area contributed by atoms with Gasteiger partial charge in [0.1, 0.15) is 11.3 Å². The van der Waals surface area contributed by atoms with Crippen LogP contribution < -0.4 is 0 Å². The molecule has 0 saturated carbocycles. The number of carbonyl (C=O) groups excluding carboxylic acids is 1. The molecule has 0 atom stereocenters. The van der Waals surface area contributed by atoms with Crippen LogP contribution in [0.2, 0.25) is 0 Å². The Balaban J connectivity index is 1.94. The molecule has 3 aromatic rings. The van der Waals surface area contributed by atoms with Crippen molar-refractivity contribution in [2.45, 2.75) is 40.8 Å². The van der Waals surface area contributed by atoms with Gasteiger partial charge in [0, 0.05) is 37.6 Å². The Labute approximate surface area is 148 Å². The SMILES string of the molecule is CCn1cc(CN(CC(C)C)C(=O)c2c(C)nc3ccccn23)cn1. The van der Waals surface area contributed by atoms with Gasteiger partial charge in [-0.1, -0.05) is 19.9 Å². The Morgan fingerprint density at radius 3 is 2.80 bits per heavy atom. The number of aromatic nitrogens is 4. The van der Waals surface area contributed by atoms with Crippen molar-refractivity contribution in [3.63, 3.8) is 0 Å². The third-order valence-electron chi connectivity index (χ3n) is 4.16. The van der Waals surface area contributed by atoms with E-state index in [1.54, 1.807) is 0 Å². The van der Waals surface area contributed by atoms with E-state index < -0.39 is 0 Å². The number of aryl methyl sites for hydroxylation is 2. The van der Waals surface area contributed by atoms with Crippen molar-refractivity contribution in [3.05, 3.63) is 53.7 Å². The maximum Gasteiger partial charge on any atom is 0.273 e. The maximum absolute atomic E-state index is 13.3. The van der Waals surface area contributed by atoms with Crippen LogP contribution in [0.15, 0.2) is 36.8 Å². The maximum atomic E-state index is 13.3. The largest absolute Gasteiger partial charge is 0.333 e. The first-order valence-corrected chi connectivity index (χ1v) is 8.74. The van der Waals surface area contributed by atoms with Crippen molar-refractivity contribution in [1.29, 1.82) is 0 Å². The summed E-state index contributed by atoms with van der Waals surface area (Å²) in [6, 6.07) is 5.77. The van der Waals surface area contributed by atoms with E-state index in [1.807, 2.05) is 57.7 Å². The molecule has 0 bridgehead atoms. The van der Waals surface area contributed by atoms with Gasteiger partial charge < -0.3 is 4.90 Å². The van der Waals surface area contributed by atoms with Gasteiger partial charge in [0.05, 0.1) is 11.9 Å². The second-order valence-electron chi connectivity index (χ2n) is 6.76. The first-order valence-electron chi connectivity index (χ1n) is 8.74. The van der Waals surface area contributed by atoms with Gasteiger partial charge in [-0.2, -0.15) is 5.10 Å². The zero-order chi connectivity index (χ0) is 18.0. The molecule has 0 saturated heterocycles. The van der Waals surface area contributed by atoms with E-state index in [9.17, 15) is 4.79 Å². The van der Waals surface area contributed by atoms with Gasteiger partial charge in [-0.05, 0) is 31.9 Å². The van der Waals surface area contributed by atoms with Crippen molar-refractivity contribution in [2.75, 3.05) is 6.54 Å². The average Bonchev–Trinajstić information content (AvgIpc) is 3.16. The van der Waals surface area contributed by atoms with Crippen LogP contribution in [-0.2, 0) is 13.1 Å². The molecule has 0 spiro atoms. The second kappa shape index (κ2) is 7.09. The lowest BCUT2D eigenvalue weighted by molar-refractivity contribution is 0.0714. The van der Waals surface area contributed by atoms with E-state index in [1.165, 1.54) is 0 Å². The molecular weight excluding hydrogens is 314 g/mol. The summed E-state index contributed by atoms with van der Waals surface area (Å²) in [5, 5.41) is 4.32. The highest BCUT2D eigenvalue weighted by atomic mass is 16.2. The van der Waals surface area contributed by atoms with Gasteiger partial charge in [0.15, 0.2) is 0 Å². The van der Waals surface area contributed by atoms with Crippen LogP contribution in [0.1, 0.15) is 42.5 Å². The van der Waals surface area contributed by atoms with Crippen LogP contribution in [0.3, 0.4) is 0 Å². The Bertz CT molecular complexity index is 877. The minimum Gasteiger partial charge on any atom is -0.333 e. The minimum atomic E-state index is 0.00847. The highest BCUT2D eigenvalue weighted by molar-refractivity contribution is 5.94. The number of amides is 1. The lowest BCUT2D eigenvalue weighted by Gasteiger charge is -2.24. The molecule has 6 nitrogen and oxygen atoms in total. The molecule has 25 heavy (non-hydrogen) atoms. The fraction of sp³-hybridized carbons (Fsp3) is 0.421. The Morgan fingerprint density at radius 2 is 2.12 bits per heavy atom. The summed E-state index contributed by atoms with van der Waals surface area (Å²) in [6.07, 6.45) is 5.73. The lowest BCUT2D eigenvalue weighted by atomic mass is 10.1. The van der Waals surface area contributed by atoms with E-state index in [-0.39, 0.29) is 5.91 Å². The van der Waals surface area contributed by atoms with Crippen LogP contribution >= 0.6 is 0 Å². The summed E-state index contributed by atoms with van der Waals surface area (Å²) >= 11 is 0. The molecule has 0 aliphatic carbocycles. The fourth-order valence-electron chi connectivity index (χ4n) is 3.06. The van der Waals surface area contributed by atoms with E-state index in [2.05, 4.69) is 30.9 Å². The molecule has 0 unspecified atom stereocenters. The van der Waals surface area contributed by atoms with E-state index in [4.69, 9.17) is 0 Å². The number of rotatable bonds is 6. The van der Waals surface area contributed by atoms with Crippen molar-refractivity contribution in [2.24, 2.45) is 5.92 Å². The van der Waals surface area contributed by atoms with Gasteiger partial charge in [-0.25, -0.2) is 4.98 Å². The van der Waals surface area contributed by atoms with Crippen LogP contribution in [0.25, 0.3) is 5.65 Å². The molecule has 3 rings (SSSR count). The molecule has 0 aliphatic rings. The zero-order valence-electron chi connectivity index (χ0n) is 15.3. The Hall–Kier alpha value is -2.63. The summed E-state index contributed by atoms with van der Waals surface area (Å²) in [5.74, 6) is 0.388. The molecule has 0 N–H and O–H groups in total. The van der Waals surface area contributed by atoms with Crippen molar-refractivity contribution in [3.8, 4) is 0 Å². The van der Waals surface area contributed by atoms with E-state index in [0.29, 0.717) is 24.7 Å². The molecule has 3 heterocycles. The van der Waals surface area contributed by atoms with Crippen LogP contribution in [-0.4, -0.2) is 36.5 Å². The predicted octanol–water partition coefficient (Wildman–Crippen LogP) is 3.16. The predicted molar refractivity (Wildman–Crippen MR) is 97.4 cm³/mol. The molecule has 0 fully saturated rings. The van der Waals surface area contributed by atoms with Gasteiger partial charge in [-0.15, -0.1) is 0 Å². The first-order chi connectivity index (χ1) is 12.0. The van der Waals surface area contributed by atoms with E-state index >= 15 is 0 Å². The summed E-state index contributed by atoms with van der Waals surface area (Å²) in [7, 11) is 0. The smallest absolute Gasteiger partial charge is 0.273 e. The van der Waals surface area contributed by atoms with Crippen molar-refractivity contribution in [1.82, 2.24) is 24.1 Å². The average molecular weight is 339 g/mol. The number of pyridine rings is 1. The summed E-state index contributed by atoms with van der Waals surface area (Å²) in [5.41, 5.74) is 3.24. The lowest BCUT2D eigenvalue weighted by Crippen LogP contribution is -2.34. The molecule has 0 aliphatic heterocycles. The standard InChI is InChI=1S/C19H25N5O/c1-5-23-13-16(10-20-23)12-22(11-14(2)3)19(25)18-15(4)21-17-8-6-7-9-24(17)18/h6-10,13-14H,5,11-12H2,1-4H3. The van der Waals surface area contributed by atoms with Crippen molar-refractivity contribution < 1.29 is 4.79 Å². The number of nitrogens with zero attached hydrogens (tertiary/aromatic N) is 5. The number of hydrogen-bond acceptors (Lipinski definition) is 3. The molecular formula is C19H25N5O. The Morgan fingerprint density at radius 1 is 1.32 bits per heavy atom. The molecule has 6 heteroatoms. The molecule has 132 valence electrons. The quantitative estimate of drug-likeness (QED) is 0.693. The number of hydrogen-bond donors (Lipinski definition) is 0. The number of fused-ring (bicyclic) bond motifs is 1.